The number of pyridine rings is 1. The summed E-state index contributed by atoms with van der Waals surface area (Å²) in [5, 5.41) is 2.20. The highest BCUT2D eigenvalue weighted by molar-refractivity contribution is 6.06. The number of aromatic nitrogens is 3. The topological polar surface area (TPSA) is 111 Å². The van der Waals surface area contributed by atoms with Crippen LogP contribution < -0.4 is 25.2 Å². The Balaban J connectivity index is 1.72. The minimum atomic E-state index is -5.09. The maximum Gasteiger partial charge on any atom is 0.420 e. The highest BCUT2D eigenvalue weighted by Crippen LogP contribution is 2.38. The van der Waals surface area contributed by atoms with Gasteiger partial charge in [0.05, 0.1) is 19.2 Å². The maximum atomic E-state index is 15.5. The van der Waals surface area contributed by atoms with Crippen molar-refractivity contribution >= 4 is 23.3 Å². The van der Waals surface area contributed by atoms with Gasteiger partial charge in [-0.05, 0) is 36.4 Å². The number of halogens is 7. The molecule has 254 valence electrons. The van der Waals surface area contributed by atoms with Gasteiger partial charge in [-0.3, -0.25) is 19.1 Å². The number of carbonyl (C=O) groups excluding carboxylic acids is 2. The monoisotopic (exact) mass is 682 g/mol. The molecule has 1 aliphatic heterocycles. The smallest absolute Gasteiger partial charge is 0.420 e. The lowest BCUT2D eigenvalue weighted by Gasteiger charge is -2.33. The van der Waals surface area contributed by atoms with Crippen LogP contribution in [-0.2, 0) is 18.0 Å². The molecule has 1 saturated heterocycles. The van der Waals surface area contributed by atoms with Crippen molar-refractivity contribution in [3.8, 4) is 28.6 Å². The molecule has 11 nitrogen and oxygen atoms in total. The third kappa shape index (κ3) is 6.50. The number of ether oxygens (including phenoxy) is 2. The lowest BCUT2D eigenvalue weighted by Crippen LogP contribution is -2.49. The summed E-state index contributed by atoms with van der Waals surface area (Å²) in [5.74, 6) is -5.69. The van der Waals surface area contributed by atoms with Crippen molar-refractivity contribution in [1.82, 2.24) is 19.2 Å². The van der Waals surface area contributed by atoms with Crippen LogP contribution in [0.25, 0.3) is 17.1 Å². The first-order valence-corrected chi connectivity index (χ1v) is 13.9. The fourth-order valence-electron chi connectivity index (χ4n) is 5.06. The molecule has 2 amide bonds. The molecule has 0 aliphatic carbocycles. The van der Waals surface area contributed by atoms with Crippen LogP contribution in [0, 0.1) is 11.6 Å². The van der Waals surface area contributed by atoms with E-state index in [2.05, 4.69) is 15.0 Å². The number of nitrogens with one attached hydrogen (secondary N) is 1. The summed E-state index contributed by atoms with van der Waals surface area (Å²) in [7, 11) is 3.71. The molecule has 0 saturated carbocycles. The molecular formula is C30H25F7N6O5. The number of alkyl halides is 5. The van der Waals surface area contributed by atoms with E-state index in [1.54, 1.807) is 7.05 Å². The quantitative estimate of drug-likeness (QED) is 0.269. The molecule has 2 aromatic carbocycles. The lowest BCUT2D eigenvalue weighted by molar-refractivity contribution is -0.138. The summed E-state index contributed by atoms with van der Waals surface area (Å²) in [4.78, 5) is 46.5. The Bertz CT molecular complexity index is 1920. The maximum absolute atomic E-state index is 15.5. The van der Waals surface area contributed by atoms with Crippen molar-refractivity contribution < 1.29 is 49.8 Å². The average molecular weight is 683 g/mol. The summed E-state index contributed by atoms with van der Waals surface area (Å²) in [6, 6.07) is 7.32. The van der Waals surface area contributed by atoms with Crippen molar-refractivity contribution in [3.63, 3.8) is 0 Å². The van der Waals surface area contributed by atoms with Crippen LogP contribution in [-0.4, -0.2) is 71.5 Å². The number of nitrogens with zero attached hydrogens (tertiary/aromatic N) is 5. The van der Waals surface area contributed by atoms with E-state index in [1.165, 1.54) is 9.80 Å². The van der Waals surface area contributed by atoms with Gasteiger partial charge in [0.1, 0.15) is 45.9 Å². The van der Waals surface area contributed by atoms with Gasteiger partial charge < -0.3 is 24.6 Å². The second-order valence-electron chi connectivity index (χ2n) is 10.5. The normalized spacial score (nSPS) is 13.7. The van der Waals surface area contributed by atoms with Crippen molar-refractivity contribution in [2.24, 2.45) is 7.05 Å². The molecule has 4 aromatic rings. The summed E-state index contributed by atoms with van der Waals surface area (Å²) in [5.41, 5.74) is -5.43. The van der Waals surface area contributed by atoms with E-state index >= 15 is 8.78 Å². The number of hydrogen-bond acceptors (Lipinski definition) is 7. The number of amides is 2. The first-order valence-electron chi connectivity index (χ1n) is 13.9. The van der Waals surface area contributed by atoms with Crippen LogP contribution in [0.5, 0.6) is 11.5 Å². The molecule has 3 heterocycles. The zero-order valence-electron chi connectivity index (χ0n) is 25.2. The molecule has 2 aromatic heterocycles. The second-order valence-corrected chi connectivity index (χ2v) is 10.5. The molecule has 18 heteroatoms. The van der Waals surface area contributed by atoms with Gasteiger partial charge in [0.15, 0.2) is 5.82 Å². The highest BCUT2D eigenvalue weighted by atomic mass is 19.4. The molecule has 1 aliphatic rings. The number of piperazine rings is 1. The molecule has 5 rings (SSSR count). The van der Waals surface area contributed by atoms with Crippen LogP contribution in [0.3, 0.4) is 0 Å². The highest BCUT2D eigenvalue weighted by Gasteiger charge is 2.38. The van der Waals surface area contributed by atoms with Gasteiger partial charge in [0.2, 0.25) is 5.91 Å². The number of anilines is 2. The van der Waals surface area contributed by atoms with E-state index in [0.717, 1.165) is 56.6 Å². The van der Waals surface area contributed by atoms with Crippen molar-refractivity contribution in [2.45, 2.75) is 12.8 Å². The SMILES string of the molecule is COc1cc(F)c(-c2c(NC(=O)c3ccc(OC(F)F)cc3)c(=O)n(-c3nc(N4CCN(C)C(=O)C4)ccc3C(F)(F)F)n2C)c(F)c1. The van der Waals surface area contributed by atoms with Crippen LogP contribution >= 0.6 is 0 Å². The van der Waals surface area contributed by atoms with Gasteiger partial charge in [0, 0.05) is 44.9 Å². The number of methoxy groups -OCH3 is 1. The molecule has 48 heavy (non-hydrogen) atoms. The molecule has 1 N–H and O–H groups in total. The Morgan fingerprint density at radius 3 is 2.17 bits per heavy atom. The van der Waals surface area contributed by atoms with Crippen LogP contribution in [0.4, 0.5) is 42.2 Å². The summed E-state index contributed by atoms with van der Waals surface area (Å²) in [6.07, 6.45) is -5.09. The molecule has 0 spiro atoms. The van der Waals surface area contributed by atoms with Gasteiger partial charge in [-0.15, -0.1) is 0 Å². The lowest BCUT2D eigenvalue weighted by atomic mass is 10.1. The Morgan fingerprint density at radius 2 is 1.60 bits per heavy atom. The molecule has 0 radical (unpaired) electrons. The molecule has 0 atom stereocenters. The van der Waals surface area contributed by atoms with Gasteiger partial charge >= 0.3 is 12.8 Å². The Hall–Kier alpha value is -5.55. The summed E-state index contributed by atoms with van der Waals surface area (Å²) < 4.78 is 109. The van der Waals surface area contributed by atoms with E-state index in [0.29, 0.717) is 15.4 Å². The number of benzene rings is 2. The Morgan fingerprint density at radius 1 is 0.958 bits per heavy atom. The van der Waals surface area contributed by atoms with Gasteiger partial charge in [-0.25, -0.2) is 13.8 Å². The first kappa shape index (κ1) is 33.8. The minimum Gasteiger partial charge on any atom is -0.497 e. The van der Waals surface area contributed by atoms with Crippen LogP contribution in [0.2, 0.25) is 0 Å². The van der Waals surface area contributed by atoms with E-state index in [1.807, 2.05) is 0 Å². The fourth-order valence-corrected chi connectivity index (χ4v) is 5.06. The standard InChI is InChI=1S/C30H25F7N6O5/c1-40-10-11-42(14-22(40)44)21-9-8-18(30(35,36)37)26(38-21)43-28(46)24(39-27(45)15-4-6-16(7-5-15)48-29(33)34)25(41(43)2)23-19(31)12-17(47-3)13-20(23)32/h4-9,12-13,29H,10-11,14H2,1-3H3,(H,39,45). The van der Waals surface area contributed by atoms with Crippen molar-refractivity contribution in [3.05, 3.63) is 81.6 Å². The molecule has 0 unspecified atom stereocenters. The summed E-state index contributed by atoms with van der Waals surface area (Å²) >= 11 is 0. The number of rotatable bonds is 8. The van der Waals surface area contributed by atoms with Crippen LogP contribution in [0.1, 0.15) is 15.9 Å². The predicted octanol–water partition coefficient (Wildman–Crippen LogP) is 4.68. The number of hydrogen-bond donors (Lipinski definition) is 1. The van der Waals surface area contributed by atoms with Gasteiger partial charge in [0.25, 0.3) is 11.5 Å². The Kier molecular flexibility index (Phi) is 9.10. The molecule has 1 fully saturated rings. The third-order valence-corrected chi connectivity index (χ3v) is 7.48. The third-order valence-electron chi connectivity index (χ3n) is 7.48. The largest absolute Gasteiger partial charge is 0.497 e. The fraction of sp³-hybridized carbons (Fsp3) is 0.267. The van der Waals surface area contributed by atoms with Gasteiger partial charge in [-0.1, -0.05) is 0 Å². The van der Waals surface area contributed by atoms with E-state index < -0.39 is 64.2 Å². The van der Waals surface area contributed by atoms with E-state index in [-0.39, 0.29) is 48.4 Å². The first-order chi connectivity index (χ1) is 22.6. The average Bonchev–Trinajstić information content (AvgIpc) is 3.25. The summed E-state index contributed by atoms with van der Waals surface area (Å²) in [6.45, 7) is -2.97. The zero-order chi connectivity index (χ0) is 35.1. The van der Waals surface area contributed by atoms with Crippen LogP contribution in [0.15, 0.2) is 53.3 Å². The number of likely N-dealkylation sites (N-methyl/N-ethyl adjacent to an activating group) is 1. The van der Waals surface area contributed by atoms with E-state index in [9.17, 15) is 36.3 Å². The second kappa shape index (κ2) is 12.9. The van der Waals surface area contributed by atoms with E-state index in [4.69, 9.17) is 4.74 Å². The number of carbonyl (C=O) groups is 2. The molecule has 0 bridgehead atoms. The molecular weight excluding hydrogens is 657 g/mol. The zero-order valence-corrected chi connectivity index (χ0v) is 25.2. The van der Waals surface area contributed by atoms with Crippen molar-refractivity contribution in [1.29, 1.82) is 0 Å². The minimum absolute atomic E-state index is 0.104. The van der Waals surface area contributed by atoms with Crippen molar-refractivity contribution in [2.75, 3.05) is 44.0 Å². The Labute approximate surface area is 266 Å². The predicted molar refractivity (Wildman–Crippen MR) is 157 cm³/mol. The van der Waals surface area contributed by atoms with Gasteiger partial charge in [-0.2, -0.15) is 26.6 Å².